The number of anilines is 1. The monoisotopic (exact) mass is 280 g/mol. The van der Waals surface area contributed by atoms with Crippen molar-refractivity contribution < 1.29 is 23.8 Å². The minimum atomic E-state index is -0.552. The van der Waals surface area contributed by atoms with Crippen LogP contribution in [0.1, 0.15) is 0 Å². The number of carbonyl (C=O) groups is 2. The molecule has 1 atom stereocenters. The molecule has 2 rings (SSSR count). The molecule has 1 fully saturated rings. The molecule has 20 heavy (non-hydrogen) atoms. The lowest BCUT2D eigenvalue weighted by Crippen LogP contribution is -2.34. The van der Waals surface area contributed by atoms with Crippen molar-refractivity contribution >= 4 is 17.9 Å². The van der Waals surface area contributed by atoms with Gasteiger partial charge in [0.25, 0.3) is 0 Å². The summed E-state index contributed by atoms with van der Waals surface area (Å²) in [5, 5.41) is 2.50. The molecule has 1 aromatic carbocycles. The molecule has 108 valence electrons. The zero-order valence-electron chi connectivity index (χ0n) is 11.3. The van der Waals surface area contributed by atoms with Gasteiger partial charge in [-0.2, -0.15) is 0 Å². The SMILES string of the molecule is COC(=O)NCC1CN(c2ccc(OC)cc2)C(=O)O1. The molecule has 1 N–H and O–H groups in total. The summed E-state index contributed by atoms with van der Waals surface area (Å²) >= 11 is 0. The van der Waals surface area contributed by atoms with Gasteiger partial charge in [-0.3, -0.25) is 4.90 Å². The summed E-state index contributed by atoms with van der Waals surface area (Å²) < 4.78 is 14.7. The van der Waals surface area contributed by atoms with Crippen LogP contribution < -0.4 is 15.0 Å². The molecule has 0 aliphatic carbocycles. The van der Waals surface area contributed by atoms with Crippen molar-refractivity contribution in [2.24, 2.45) is 0 Å². The van der Waals surface area contributed by atoms with E-state index in [1.807, 2.05) is 0 Å². The maximum atomic E-state index is 11.8. The molecule has 0 spiro atoms. The average molecular weight is 280 g/mol. The second-order valence-corrected chi connectivity index (χ2v) is 4.19. The molecule has 7 nitrogen and oxygen atoms in total. The van der Waals surface area contributed by atoms with Crippen molar-refractivity contribution in [2.45, 2.75) is 6.10 Å². The van der Waals surface area contributed by atoms with Crippen LogP contribution >= 0.6 is 0 Å². The number of nitrogens with zero attached hydrogens (tertiary/aromatic N) is 1. The highest BCUT2D eigenvalue weighted by Crippen LogP contribution is 2.23. The van der Waals surface area contributed by atoms with E-state index in [2.05, 4.69) is 10.1 Å². The van der Waals surface area contributed by atoms with Gasteiger partial charge in [-0.1, -0.05) is 0 Å². The van der Waals surface area contributed by atoms with Gasteiger partial charge in [-0.05, 0) is 24.3 Å². The van der Waals surface area contributed by atoms with E-state index in [1.54, 1.807) is 31.4 Å². The Labute approximate surface area is 116 Å². The summed E-state index contributed by atoms with van der Waals surface area (Å²) in [6.07, 6.45) is -1.39. The Morgan fingerprint density at radius 2 is 2.10 bits per heavy atom. The second-order valence-electron chi connectivity index (χ2n) is 4.19. The zero-order chi connectivity index (χ0) is 14.5. The summed E-state index contributed by atoms with van der Waals surface area (Å²) in [4.78, 5) is 24.3. The fraction of sp³-hybridized carbons (Fsp3) is 0.385. The highest BCUT2D eigenvalue weighted by molar-refractivity contribution is 5.89. The lowest BCUT2D eigenvalue weighted by Gasteiger charge is -2.13. The van der Waals surface area contributed by atoms with Gasteiger partial charge in [0, 0.05) is 5.69 Å². The van der Waals surface area contributed by atoms with Crippen LogP contribution in [0.4, 0.5) is 15.3 Å². The molecule has 1 aliphatic heterocycles. The van der Waals surface area contributed by atoms with Crippen molar-refractivity contribution in [2.75, 3.05) is 32.2 Å². The first-order valence-corrected chi connectivity index (χ1v) is 6.08. The predicted molar refractivity (Wildman–Crippen MR) is 71.0 cm³/mol. The largest absolute Gasteiger partial charge is 0.497 e. The van der Waals surface area contributed by atoms with E-state index in [0.717, 1.165) is 5.69 Å². The minimum absolute atomic E-state index is 0.213. The zero-order valence-corrected chi connectivity index (χ0v) is 11.3. The third-order valence-corrected chi connectivity index (χ3v) is 2.92. The topological polar surface area (TPSA) is 77.1 Å². The van der Waals surface area contributed by atoms with Crippen LogP contribution in [0.2, 0.25) is 0 Å². The Balaban J connectivity index is 1.96. The Morgan fingerprint density at radius 1 is 1.40 bits per heavy atom. The van der Waals surface area contributed by atoms with E-state index in [-0.39, 0.29) is 6.54 Å². The number of hydrogen-bond acceptors (Lipinski definition) is 5. The van der Waals surface area contributed by atoms with E-state index in [0.29, 0.717) is 12.3 Å². The van der Waals surface area contributed by atoms with Crippen LogP contribution in [-0.4, -0.2) is 45.6 Å². The summed E-state index contributed by atoms with van der Waals surface area (Å²) in [6, 6.07) is 7.08. The number of alkyl carbamates (subject to hydrolysis) is 1. The van der Waals surface area contributed by atoms with Crippen molar-refractivity contribution in [3.8, 4) is 5.75 Å². The number of ether oxygens (including phenoxy) is 3. The van der Waals surface area contributed by atoms with E-state index in [4.69, 9.17) is 9.47 Å². The molecule has 7 heteroatoms. The molecule has 0 saturated carbocycles. The highest BCUT2D eigenvalue weighted by atomic mass is 16.6. The van der Waals surface area contributed by atoms with E-state index < -0.39 is 18.3 Å². The van der Waals surface area contributed by atoms with Crippen LogP contribution in [0.25, 0.3) is 0 Å². The van der Waals surface area contributed by atoms with Gasteiger partial charge in [-0.25, -0.2) is 9.59 Å². The number of amides is 2. The van der Waals surface area contributed by atoms with Gasteiger partial charge >= 0.3 is 12.2 Å². The summed E-state index contributed by atoms with van der Waals surface area (Å²) in [6.45, 7) is 0.584. The van der Waals surface area contributed by atoms with Crippen molar-refractivity contribution in [3.63, 3.8) is 0 Å². The highest BCUT2D eigenvalue weighted by Gasteiger charge is 2.32. The second kappa shape index (κ2) is 6.14. The number of cyclic esters (lactones) is 1. The number of nitrogens with one attached hydrogen (secondary N) is 1. The van der Waals surface area contributed by atoms with E-state index >= 15 is 0 Å². The van der Waals surface area contributed by atoms with Crippen molar-refractivity contribution in [1.29, 1.82) is 0 Å². The number of benzene rings is 1. The fourth-order valence-electron chi connectivity index (χ4n) is 1.87. The quantitative estimate of drug-likeness (QED) is 0.901. The fourth-order valence-corrected chi connectivity index (χ4v) is 1.87. The summed E-state index contributed by atoms with van der Waals surface area (Å²) in [7, 11) is 2.85. The average Bonchev–Trinajstić information content (AvgIpc) is 2.86. The number of hydrogen-bond donors (Lipinski definition) is 1. The van der Waals surface area contributed by atoms with Crippen LogP contribution in [-0.2, 0) is 9.47 Å². The van der Waals surface area contributed by atoms with Crippen LogP contribution in [0.3, 0.4) is 0 Å². The van der Waals surface area contributed by atoms with Gasteiger partial charge in [0.1, 0.15) is 11.9 Å². The molecular formula is C13H16N2O5. The van der Waals surface area contributed by atoms with Gasteiger partial charge in [0.2, 0.25) is 0 Å². The Hall–Kier alpha value is -2.44. The first kappa shape index (κ1) is 14.0. The summed E-state index contributed by atoms with van der Waals surface area (Å²) in [5.41, 5.74) is 0.719. The van der Waals surface area contributed by atoms with Gasteiger partial charge in [-0.15, -0.1) is 0 Å². The predicted octanol–water partition coefficient (Wildman–Crippen LogP) is 1.38. The normalized spacial score (nSPS) is 17.6. The minimum Gasteiger partial charge on any atom is -0.497 e. The van der Waals surface area contributed by atoms with Crippen LogP contribution in [0.5, 0.6) is 5.75 Å². The Morgan fingerprint density at radius 3 is 2.70 bits per heavy atom. The molecule has 1 unspecified atom stereocenters. The molecule has 0 bridgehead atoms. The molecule has 2 amide bonds. The standard InChI is InChI=1S/C13H16N2O5/c1-18-10-5-3-9(4-6-10)15-8-11(20-13(15)17)7-14-12(16)19-2/h3-6,11H,7-8H2,1-2H3,(H,14,16). The van der Waals surface area contributed by atoms with Gasteiger partial charge in [0.15, 0.2) is 0 Å². The first-order chi connectivity index (χ1) is 9.63. The molecule has 1 heterocycles. The lowest BCUT2D eigenvalue weighted by molar-refractivity contribution is 0.132. The molecular weight excluding hydrogens is 264 g/mol. The molecule has 1 saturated heterocycles. The lowest BCUT2D eigenvalue weighted by atomic mass is 10.2. The number of rotatable bonds is 4. The van der Waals surface area contributed by atoms with Crippen molar-refractivity contribution in [1.82, 2.24) is 5.32 Å². The summed E-state index contributed by atoms with van der Waals surface area (Å²) in [5.74, 6) is 0.713. The molecule has 0 aromatic heterocycles. The molecule has 1 aromatic rings. The third-order valence-electron chi connectivity index (χ3n) is 2.92. The smallest absolute Gasteiger partial charge is 0.414 e. The van der Waals surface area contributed by atoms with Gasteiger partial charge in [0.05, 0.1) is 27.3 Å². The van der Waals surface area contributed by atoms with E-state index in [9.17, 15) is 9.59 Å². The van der Waals surface area contributed by atoms with Crippen molar-refractivity contribution in [3.05, 3.63) is 24.3 Å². The van der Waals surface area contributed by atoms with Crippen LogP contribution in [0, 0.1) is 0 Å². The third kappa shape index (κ3) is 3.11. The maximum Gasteiger partial charge on any atom is 0.414 e. The van der Waals surface area contributed by atoms with E-state index in [1.165, 1.54) is 12.0 Å². The Bertz CT molecular complexity index is 488. The molecule has 0 radical (unpaired) electrons. The molecule has 1 aliphatic rings. The Kier molecular flexibility index (Phi) is 4.29. The number of carbonyl (C=O) groups excluding carboxylic acids is 2. The van der Waals surface area contributed by atoms with Crippen LogP contribution in [0.15, 0.2) is 24.3 Å². The number of methoxy groups -OCH3 is 2. The first-order valence-electron chi connectivity index (χ1n) is 6.08. The van der Waals surface area contributed by atoms with Gasteiger partial charge < -0.3 is 19.5 Å². The maximum absolute atomic E-state index is 11.8.